The van der Waals surface area contributed by atoms with Crippen LogP contribution in [0.1, 0.15) is 24.0 Å². The van der Waals surface area contributed by atoms with Crippen molar-refractivity contribution in [1.82, 2.24) is 5.43 Å². The lowest BCUT2D eigenvalue weighted by Gasteiger charge is -2.23. The molecule has 0 bridgehead atoms. The van der Waals surface area contributed by atoms with Gasteiger partial charge in [-0.25, -0.2) is 5.43 Å². The zero-order valence-corrected chi connectivity index (χ0v) is 14.2. The van der Waals surface area contributed by atoms with E-state index in [0.29, 0.717) is 11.8 Å². The molecule has 0 radical (unpaired) electrons. The van der Waals surface area contributed by atoms with Gasteiger partial charge in [0.1, 0.15) is 0 Å². The van der Waals surface area contributed by atoms with E-state index in [0.717, 1.165) is 42.7 Å². The highest BCUT2D eigenvalue weighted by Gasteiger charge is 2.29. The standard InChI is InChI=1S/C16H21Cl2N3O/c1-12-10-15(21(8-6-17)9-7-18)5-4-14(12)11-19-20-16(22)13-2-3-13/h4-5,10-11,13H,2-3,6-9H2,1H3,(H,20,22)/b19-11-. The average molecular weight is 342 g/mol. The Morgan fingerprint density at radius 3 is 2.59 bits per heavy atom. The average Bonchev–Trinajstić information content (AvgIpc) is 3.33. The molecule has 1 N–H and O–H groups in total. The van der Waals surface area contributed by atoms with Crippen LogP contribution < -0.4 is 10.3 Å². The van der Waals surface area contributed by atoms with Gasteiger partial charge < -0.3 is 4.90 Å². The van der Waals surface area contributed by atoms with E-state index >= 15 is 0 Å². The monoisotopic (exact) mass is 341 g/mol. The molecule has 1 fully saturated rings. The van der Waals surface area contributed by atoms with Crippen molar-refractivity contribution < 1.29 is 4.79 Å². The molecule has 1 aromatic carbocycles. The molecular formula is C16H21Cl2N3O. The van der Waals surface area contributed by atoms with E-state index < -0.39 is 0 Å². The number of aryl methyl sites for hydroxylation is 1. The maximum atomic E-state index is 11.5. The highest BCUT2D eigenvalue weighted by atomic mass is 35.5. The summed E-state index contributed by atoms with van der Waals surface area (Å²) in [6, 6.07) is 6.10. The summed E-state index contributed by atoms with van der Waals surface area (Å²) in [6.45, 7) is 3.55. The summed E-state index contributed by atoms with van der Waals surface area (Å²) >= 11 is 11.7. The lowest BCUT2D eigenvalue weighted by Crippen LogP contribution is -2.27. The molecule has 0 atom stereocenters. The Balaban J connectivity index is 2.01. The topological polar surface area (TPSA) is 44.7 Å². The van der Waals surface area contributed by atoms with Crippen molar-refractivity contribution in [3.05, 3.63) is 29.3 Å². The van der Waals surface area contributed by atoms with Crippen LogP contribution in [0.5, 0.6) is 0 Å². The van der Waals surface area contributed by atoms with Crippen LogP contribution in [0.15, 0.2) is 23.3 Å². The van der Waals surface area contributed by atoms with Gasteiger partial charge in [-0.15, -0.1) is 23.2 Å². The molecule has 0 aromatic heterocycles. The maximum absolute atomic E-state index is 11.5. The molecule has 120 valence electrons. The van der Waals surface area contributed by atoms with Gasteiger partial charge in [0.15, 0.2) is 0 Å². The molecule has 1 aliphatic carbocycles. The van der Waals surface area contributed by atoms with E-state index in [4.69, 9.17) is 23.2 Å². The number of benzene rings is 1. The number of carbonyl (C=O) groups is 1. The highest BCUT2D eigenvalue weighted by molar-refractivity contribution is 6.18. The molecule has 1 amide bonds. The zero-order chi connectivity index (χ0) is 15.9. The minimum absolute atomic E-state index is 0.0147. The van der Waals surface area contributed by atoms with Crippen LogP contribution in [0.4, 0.5) is 5.69 Å². The second kappa shape index (κ2) is 8.39. The van der Waals surface area contributed by atoms with Gasteiger partial charge >= 0.3 is 0 Å². The summed E-state index contributed by atoms with van der Waals surface area (Å²) in [4.78, 5) is 13.7. The Bertz CT molecular complexity index is 538. The third-order valence-corrected chi connectivity index (χ3v) is 3.99. The van der Waals surface area contributed by atoms with Gasteiger partial charge in [0.2, 0.25) is 5.91 Å². The Kier molecular flexibility index (Phi) is 6.52. The Morgan fingerprint density at radius 1 is 1.36 bits per heavy atom. The predicted octanol–water partition coefficient (Wildman–Crippen LogP) is 3.14. The number of halogens is 2. The number of nitrogens with zero attached hydrogens (tertiary/aromatic N) is 2. The normalized spacial score (nSPS) is 14.3. The molecule has 0 saturated heterocycles. The van der Waals surface area contributed by atoms with Gasteiger partial charge in [-0.05, 0) is 43.0 Å². The Labute approximate surface area is 141 Å². The van der Waals surface area contributed by atoms with Crippen molar-refractivity contribution in [2.45, 2.75) is 19.8 Å². The predicted molar refractivity (Wildman–Crippen MR) is 93.3 cm³/mol. The molecule has 22 heavy (non-hydrogen) atoms. The van der Waals surface area contributed by atoms with Crippen molar-refractivity contribution in [1.29, 1.82) is 0 Å². The second-order valence-corrected chi connectivity index (χ2v) is 6.17. The van der Waals surface area contributed by atoms with Crippen LogP contribution in [0.3, 0.4) is 0 Å². The fourth-order valence-corrected chi connectivity index (χ4v) is 2.59. The Morgan fingerprint density at radius 2 is 2.05 bits per heavy atom. The van der Waals surface area contributed by atoms with Gasteiger partial charge in [0.25, 0.3) is 0 Å². The van der Waals surface area contributed by atoms with Gasteiger partial charge in [-0.2, -0.15) is 5.10 Å². The molecule has 2 rings (SSSR count). The van der Waals surface area contributed by atoms with E-state index in [1.807, 2.05) is 19.1 Å². The molecule has 1 saturated carbocycles. The summed E-state index contributed by atoms with van der Waals surface area (Å²) in [5, 5.41) is 4.03. The molecule has 4 nitrogen and oxygen atoms in total. The Hall–Kier alpha value is -1.26. The van der Waals surface area contributed by atoms with Gasteiger partial charge in [0, 0.05) is 36.5 Å². The number of rotatable bonds is 8. The van der Waals surface area contributed by atoms with Gasteiger partial charge in [-0.1, -0.05) is 6.07 Å². The number of hydrogen-bond acceptors (Lipinski definition) is 3. The lowest BCUT2D eigenvalue weighted by atomic mass is 10.1. The molecule has 0 spiro atoms. The van der Waals surface area contributed by atoms with Crippen molar-refractivity contribution in [3.8, 4) is 0 Å². The first-order chi connectivity index (χ1) is 10.7. The smallest absolute Gasteiger partial charge is 0.243 e. The molecule has 1 aromatic rings. The second-order valence-electron chi connectivity index (χ2n) is 5.41. The number of alkyl halides is 2. The number of hydrogen-bond donors (Lipinski definition) is 1. The summed E-state index contributed by atoms with van der Waals surface area (Å²) < 4.78 is 0. The summed E-state index contributed by atoms with van der Waals surface area (Å²) in [5.74, 6) is 1.31. The minimum atomic E-state index is 0.0147. The maximum Gasteiger partial charge on any atom is 0.243 e. The SMILES string of the molecule is Cc1cc(N(CCCl)CCCl)ccc1/C=N\NC(=O)C1CC1. The van der Waals surface area contributed by atoms with E-state index in [1.54, 1.807) is 6.21 Å². The minimum Gasteiger partial charge on any atom is -0.369 e. The first-order valence-corrected chi connectivity index (χ1v) is 8.53. The fraction of sp³-hybridized carbons (Fsp3) is 0.500. The van der Waals surface area contributed by atoms with E-state index in [-0.39, 0.29) is 11.8 Å². The first kappa shape index (κ1) is 17.1. The highest BCUT2D eigenvalue weighted by Crippen LogP contribution is 2.28. The number of nitrogens with one attached hydrogen (secondary N) is 1. The summed E-state index contributed by atoms with van der Waals surface area (Å²) in [5.41, 5.74) is 5.76. The molecule has 0 heterocycles. The van der Waals surface area contributed by atoms with Crippen molar-refractivity contribution in [3.63, 3.8) is 0 Å². The van der Waals surface area contributed by atoms with Crippen LogP contribution >= 0.6 is 23.2 Å². The van der Waals surface area contributed by atoms with Crippen LogP contribution in [0, 0.1) is 12.8 Å². The zero-order valence-electron chi connectivity index (χ0n) is 12.7. The molecule has 0 aliphatic heterocycles. The van der Waals surface area contributed by atoms with Crippen LogP contribution in [0.25, 0.3) is 0 Å². The molecule has 0 unspecified atom stereocenters. The van der Waals surface area contributed by atoms with Crippen LogP contribution in [-0.2, 0) is 4.79 Å². The van der Waals surface area contributed by atoms with Crippen molar-refractivity contribution >= 4 is 41.0 Å². The number of carbonyl (C=O) groups excluding carboxylic acids is 1. The number of amides is 1. The van der Waals surface area contributed by atoms with E-state index in [2.05, 4.69) is 21.5 Å². The number of hydrazone groups is 1. The number of anilines is 1. The largest absolute Gasteiger partial charge is 0.369 e. The molecule has 6 heteroatoms. The van der Waals surface area contributed by atoms with Gasteiger partial charge in [0.05, 0.1) is 6.21 Å². The third kappa shape index (κ3) is 4.89. The third-order valence-electron chi connectivity index (χ3n) is 3.65. The quantitative estimate of drug-likeness (QED) is 0.448. The first-order valence-electron chi connectivity index (χ1n) is 7.46. The summed E-state index contributed by atoms with van der Waals surface area (Å²) in [6.07, 6.45) is 3.64. The summed E-state index contributed by atoms with van der Waals surface area (Å²) in [7, 11) is 0. The van der Waals surface area contributed by atoms with Gasteiger partial charge in [-0.3, -0.25) is 4.79 Å². The fourth-order valence-electron chi connectivity index (χ4n) is 2.18. The van der Waals surface area contributed by atoms with E-state index in [1.165, 1.54) is 0 Å². The van der Waals surface area contributed by atoms with Crippen LogP contribution in [0.2, 0.25) is 0 Å². The lowest BCUT2D eigenvalue weighted by molar-refractivity contribution is -0.122. The van der Waals surface area contributed by atoms with Crippen LogP contribution in [-0.4, -0.2) is 37.0 Å². The molecule has 1 aliphatic rings. The van der Waals surface area contributed by atoms with Crippen molar-refractivity contribution in [2.75, 3.05) is 29.7 Å². The van der Waals surface area contributed by atoms with Crippen molar-refractivity contribution in [2.24, 2.45) is 11.0 Å². The van der Waals surface area contributed by atoms with E-state index in [9.17, 15) is 4.79 Å². The molecular weight excluding hydrogens is 321 g/mol.